The van der Waals surface area contributed by atoms with Crippen LogP contribution < -0.4 is 9.47 Å². The van der Waals surface area contributed by atoms with Gasteiger partial charge in [0.2, 0.25) is 0 Å². The molecule has 2 fully saturated rings. The summed E-state index contributed by atoms with van der Waals surface area (Å²) in [6.45, 7) is 3.83. The van der Waals surface area contributed by atoms with Crippen molar-refractivity contribution in [1.82, 2.24) is 9.80 Å². The van der Waals surface area contributed by atoms with Crippen LogP contribution in [0, 0.1) is 0 Å². The molecule has 1 atom stereocenters. The van der Waals surface area contributed by atoms with Gasteiger partial charge in [0.25, 0.3) is 5.91 Å². The smallest absolute Gasteiger partial charge is 0.264 e. The minimum Gasteiger partial charge on any atom is -0.486 e. The van der Waals surface area contributed by atoms with Gasteiger partial charge < -0.3 is 14.4 Å². The first-order valence-electron chi connectivity index (χ1n) is 10.2. The number of hydrogen-bond donors (Lipinski definition) is 0. The van der Waals surface area contributed by atoms with E-state index in [9.17, 15) is 13.2 Å². The Morgan fingerprint density at radius 2 is 1.77 bits per heavy atom. The van der Waals surface area contributed by atoms with Crippen molar-refractivity contribution in [3.05, 3.63) is 35.2 Å². The molecule has 0 bridgehead atoms. The fourth-order valence-electron chi connectivity index (χ4n) is 4.31. The van der Waals surface area contributed by atoms with Crippen molar-refractivity contribution in [2.45, 2.75) is 12.5 Å². The van der Waals surface area contributed by atoms with Crippen molar-refractivity contribution in [2.75, 3.05) is 50.9 Å². The van der Waals surface area contributed by atoms with E-state index >= 15 is 0 Å². The zero-order valence-corrected chi connectivity index (χ0v) is 18.2. The van der Waals surface area contributed by atoms with Gasteiger partial charge in [-0.25, -0.2) is 8.42 Å². The van der Waals surface area contributed by atoms with Crippen LogP contribution in [-0.4, -0.2) is 81.1 Å². The molecule has 7 nitrogen and oxygen atoms in total. The number of sulfone groups is 1. The summed E-state index contributed by atoms with van der Waals surface area (Å²) in [5.74, 6) is 2.08. The van der Waals surface area contributed by atoms with Crippen molar-refractivity contribution < 1.29 is 22.7 Å². The van der Waals surface area contributed by atoms with Crippen LogP contribution in [0.5, 0.6) is 11.5 Å². The number of ether oxygens (including phenoxy) is 2. The lowest BCUT2D eigenvalue weighted by atomic mass is 10.1. The number of carbonyl (C=O) groups is 1. The van der Waals surface area contributed by atoms with Crippen LogP contribution in [-0.2, 0) is 9.84 Å². The number of thiophene rings is 1. The maximum Gasteiger partial charge on any atom is 0.264 e. The summed E-state index contributed by atoms with van der Waals surface area (Å²) in [7, 11) is -2.88. The predicted octanol–water partition coefficient (Wildman–Crippen LogP) is 2.13. The lowest BCUT2D eigenvalue weighted by Crippen LogP contribution is -2.52. The van der Waals surface area contributed by atoms with Gasteiger partial charge in [0.1, 0.15) is 13.2 Å². The summed E-state index contributed by atoms with van der Waals surface area (Å²) in [5.41, 5.74) is 1.01. The van der Waals surface area contributed by atoms with Gasteiger partial charge in [0.05, 0.1) is 16.4 Å². The summed E-state index contributed by atoms with van der Waals surface area (Å²) in [5, 5.41) is 0. The Labute approximate surface area is 180 Å². The second-order valence-corrected chi connectivity index (χ2v) is 11.2. The summed E-state index contributed by atoms with van der Waals surface area (Å²) in [6, 6.07) is 9.83. The Morgan fingerprint density at radius 3 is 2.50 bits per heavy atom. The number of amides is 1. The number of nitrogens with zero attached hydrogens (tertiary/aromatic N) is 2. The topological polar surface area (TPSA) is 76.2 Å². The first-order valence-corrected chi connectivity index (χ1v) is 12.9. The Hall–Kier alpha value is -2.10. The minimum absolute atomic E-state index is 0.0440. The highest BCUT2D eigenvalue weighted by molar-refractivity contribution is 7.91. The molecule has 1 aromatic carbocycles. The normalized spacial score (nSPS) is 23.5. The van der Waals surface area contributed by atoms with Gasteiger partial charge in [-0.05, 0) is 42.3 Å². The Balaban J connectivity index is 1.23. The number of fused-ring (bicyclic) bond motifs is 1. The fraction of sp³-hybridized carbons (Fsp3) is 0.476. The monoisotopic (exact) mass is 448 g/mol. The van der Waals surface area contributed by atoms with Crippen molar-refractivity contribution in [3.8, 4) is 21.9 Å². The quantitative estimate of drug-likeness (QED) is 0.716. The first kappa shape index (κ1) is 19.8. The molecule has 0 saturated carbocycles. The lowest BCUT2D eigenvalue weighted by Gasteiger charge is -2.37. The summed E-state index contributed by atoms with van der Waals surface area (Å²) >= 11 is 1.48. The van der Waals surface area contributed by atoms with Gasteiger partial charge >= 0.3 is 0 Å². The SMILES string of the molecule is O=C(c1ccc(-c2ccc3c(c2)OCCO3)s1)N1CCN(C2CCS(=O)(=O)C2)CC1. The van der Waals surface area contributed by atoms with Gasteiger partial charge in [-0.1, -0.05) is 0 Å². The van der Waals surface area contributed by atoms with E-state index in [0.29, 0.717) is 32.7 Å². The molecule has 1 aromatic heterocycles. The lowest BCUT2D eigenvalue weighted by molar-refractivity contribution is 0.0592. The third kappa shape index (κ3) is 3.93. The van der Waals surface area contributed by atoms with E-state index in [1.54, 1.807) is 0 Å². The molecule has 30 heavy (non-hydrogen) atoms. The van der Waals surface area contributed by atoms with Crippen molar-refractivity contribution in [1.29, 1.82) is 0 Å². The number of piperazine rings is 1. The average molecular weight is 449 g/mol. The molecule has 0 N–H and O–H groups in total. The second kappa shape index (κ2) is 7.86. The average Bonchev–Trinajstić information content (AvgIpc) is 3.40. The fourth-order valence-corrected chi connectivity index (χ4v) is 7.05. The van der Waals surface area contributed by atoms with Crippen LogP contribution in [0.2, 0.25) is 0 Å². The highest BCUT2D eigenvalue weighted by Gasteiger charge is 2.34. The molecule has 0 radical (unpaired) electrons. The first-order chi connectivity index (χ1) is 14.5. The van der Waals surface area contributed by atoms with Crippen LogP contribution in [0.3, 0.4) is 0 Å². The number of carbonyl (C=O) groups excluding carboxylic acids is 1. The van der Waals surface area contributed by atoms with E-state index in [1.807, 2.05) is 35.2 Å². The molecule has 5 rings (SSSR count). The molecule has 2 aromatic rings. The molecule has 1 amide bonds. The molecule has 160 valence electrons. The number of benzene rings is 1. The van der Waals surface area contributed by atoms with Gasteiger partial charge in [-0.2, -0.15) is 0 Å². The van der Waals surface area contributed by atoms with Crippen LogP contribution in [0.25, 0.3) is 10.4 Å². The maximum atomic E-state index is 13.0. The van der Waals surface area contributed by atoms with E-state index in [2.05, 4.69) is 4.90 Å². The third-order valence-electron chi connectivity index (χ3n) is 5.97. The summed E-state index contributed by atoms with van der Waals surface area (Å²) in [4.78, 5) is 18.8. The van der Waals surface area contributed by atoms with Crippen LogP contribution in [0.15, 0.2) is 30.3 Å². The molecular formula is C21H24N2O5S2. The highest BCUT2D eigenvalue weighted by Crippen LogP contribution is 2.37. The molecule has 4 heterocycles. The predicted molar refractivity (Wildman–Crippen MR) is 115 cm³/mol. The van der Waals surface area contributed by atoms with Gasteiger partial charge in [-0.15, -0.1) is 11.3 Å². The van der Waals surface area contributed by atoms with Crippen LogP contribution in [0.4, 0.5) is 0 Å². The van der Waals surface area contributed by atoms with E-state index in [0.717, 1.165) is 39.9 Å². The van der Waals surface area contributed by atoms with E-state index < -0.39 is 9.84 Å². The maximum absolute atomic E-state index is 13.0. The molecule has 3 aliphatic heterocycles. The van der Waals surface area contributed by atoms with E-state index in [-0.39, 0.29) is 23.5 Å². The van der Waals surface area contributed by atoms with Crippen LogP contribution >= 0.6 is 11.3 Å². The second-order valence-electron chi connectivity index (χ2n) is 7.91. The molecular weight excluding hydrogens is 424 g/mol. The van der Waals surface area contributed by atoms with Crippen molar-refractivity contribution >= 4 is 27.1 Å². The van der Waals surface area contributed by atoms with Gasteiger partial charge in [0, 0.05) is 37.1 Å². The third-order valence-corrected chi connectivity index (χ3v) is 8.84. The zero-order chi connectivity index (χ0) is 20.7. The van der Waals surface area contributed by atoms with Gasteiger partial charge in [0.15, 0.2) is 21.3 Å². The van der Waals surface area contributed by atoms with Crippen molar-refractivity contribution in [3.63, 3.8) is 0 Å². The molecule has 3 aliphatic rings. The molecule has 1 unspecified atom stereocenters. The summed E-state index contributed by atoms with van der Waals surface area (Å²) in [6.07, 6.45) is 0.708. The van der Waals surface area contributed by atoms with Crippen molar-refractivity contribution in [2.24, 2.45) is 0 Å². The van der Waals surface area contributed by atoms with Gasteiger partial charge in [-0.3, -0.25) is 9.69 Å². The molecule has 0 spiro atoms. The molecule has 9 heteroatoms. The number of rotatable bonds is 3. The van der Waals surface area contributed by atoms with E-state index in [4.69, 9.17) is 9.47 Å². The Morgan fingerprint density at radius 1 is 1.00 bits per heavy atom. The Kier molecular flexibility index (Phi) is 5.20. The van der Waals surface area contributed by atoms with Crippen LogP contribution in [0.1, 0.15) is 16.1 Å². The minimum atomic E-state index is -2.88. The molecule has 0 aliphatic carbocycles. The van der Waals surface area contributed by atoms with E-state index in [1.165, 1.54) is 11.3 Å². The standard InChI is InChI=1S/C21H24N2O5S2/c24-21(23-8-6-22(7-9-23)16-5-12-30(25,26)14-16)20-4-3-19(29-20)15-1-2-17-18(13-15)28-11-10-27-17/h1-4,13,16H,5-12,14H2. The largest absolute Gasteiger partial charge is 0.486 e. The summed E-state index contributed by atoms with van der Waals surface area (Å²) < 4.78 is 34.7. The Bertz CT molecular complexity index is 1060. The highest BCUT2D eigenvalue weighted by atomic mass is 32.2. The molecule has 2 saturated heterocycles. The number of hydrogen-bond acceptors (Lipinski definition) is 7. The zero-order valence-electron chi connectivity index (χ0n) is 16.6.